The number of hydrogen-bond acceptors (Lipinski definition) is 3. The summed E-state index contributed by atoms with van der Waals surface area (Å²) < 4.78 is 5.20. The highest BCUT2D eigenvalue weighted by Crippen LogP contribution is 2.39. The smallest absolute Gasteiger partial charge is 0.317 e. The second kappa shape index (κ2) is 6.92. The predicted molar refractivity (Wildman–Crippen MR) is 73.5 cm³/mol. The highest BCUT2D eigenvalue weighted by atomic mass is 16.5. The number of aliphatic carboxylic acids is 1. The maximum Gasteiger partial charge on any atom is 0.317 e. The van der Waals surface area contributed by atoms with Crippen LogP contribution in [0.3, 0.4) is 0 Å². The molecule has 20 heavy (non-hydrogen) atoms. The van der Waals surface area contributed by atoms with Gasteiger partial charge in [-0.15, -0.1) is 0 Å². The van der Waals surface area contributed by atoms with Gasteiger partial charge in [0, 0.05) is 31.7 Å². The second-order valence-electron chi connectivity index (χ2n) is 5.66. The summed E-state index contributed by atoms with van der Waals surface area (Å²) in [5.74, 6) is -0.513. The largest absolute Gasteiger partial charge is 0.481 e. The zero-order chi connectivity index (χ0) is 14.5. The number of piperidine rings is 1. The fourth-order valence-electron chi connectivity index (χ4n) is 3.50. The molecule has 2 aliphatic heterocycles. The summed E-state index contributed by atoms with van der Waals surface area (Å²) in [6.07, 6.45) is 3.87. The molecule has 0 saturated carbocycles. The summed E-state index contributed by atoms with van der Waals surface area (Å²) in [4.78, 5) is 24.9. The van der Waals surface area contributed by atoms with Crippen molar-refractivity contribution >= 4 is 12.0 Å². The van der Waals surface area contributed by atoms with E-state index in [1.54, 1.807) is 0 Å². The average molecular weight is 284 g/mol. The van der Waals surface area contributed by atoms with Crippen LogP contribution in [0.5, 0.6) is 0 Å². The zero-order valence-electron chi connectivity index (χ0n) is 12.0. The molecular formula is C14H24N2O4. The van der Waals surface area contributed by atoms with Crippen molar-refractivity contribution in [2.45, 2.75) is 51.1 Å². The van der Waals surface area contributed by atoms with Gasteiger partial charge in [-0.25, -0.2) is 4.79 Å². The first-order valence-electron chi connectivity index (χ1n) is 7.47. The number of carbonyl (C=O) groups is 2. The number of carboxylic acids is 1. The van der Waals surface area contributed by atoms with Gasteiger partial charge in [0.2, 0.25) is 0 Å². The average Bonchev–Trinajstić information content (AvgIpc) is 2.66. The molecule has 2 N–H and O–H groups in total. The van der Waals surface area contributed by atoms with Gasteiger partial charge in [0.05, 0.1) is 6.61 Å². The molecule has 2 amide bonds. The van der Waals surface area contributed by atoms with Crippen molar-refractivity contribution in [1.29, 1.82) is 0 Å². The maximum atomic E-state index is 12.2. The Bertz CT molecular complexity index is 347. The number of hydrogen-bond donors (Lipinski definition) is 2. The standard InChI is InChI=1S/C14H24N2O4/c1-2-20-6-5-15-14(19)16-11-3-4-12(16)8-10(7-11)9-13(17)18/h10-12H,2-9H2,1H3,(H,15,19)(H,17,18). The van der Waals surface area contributed by atoms with Crippen LogP contribution in [0.4, 0.5) is 4.79 Å². The lowest BCUT2D eigenvalue weighted by atomic mass is 9.88. The fraction of sp³-hybridized carbons (Fsp3) is 0.857. The first-order valence-corrected chi connectivity index (χ1v) is 7.47. The van der Waals surface area contributed by atoms with Crippen LogP contribution < -0.4 is 5.32 Å². The van der Waals surface area contributed by atoms with Gasteiger partial charge < -0.3 is 20.1 Å². The molecule has 0 aromatic rings. The number of rotatable bonds is 6. The van der Waals surface area contributed by atoms with Crippen molar-refractivity contribution in [1.82, 2.24) is 10.2 Å². The minimum absolute atomic E-state index is 0.0222. The normalized spacial score (nSPS) is 28.4. The van der Waals surface area contributed by atoms with Gasteiger partial charge in [-0.05, 0) is 38.5 Å². The van der Waals surface area contributed by atoms with Gasteiger partial charge in [-0.2, -0.15) is 0 Å². The molecular weight excluding hydrogens is 260 g/mol. The molecule has 2 aliphatic rings. The Morgan fingerprint density at radius 1 is 1.30 bits per heavy atom. The summed E-state index contributed by atoms with van der Waals surface area (Å²) in [5, 5.41) is 11.8. The molecule has 2 unspecified atom stereocenters. The van der Waals surface area contributed by atoms with Crippen molar-refractivity contribution < 1.29 is 19.4 Å². The Kier molecular flexibility index (Phi) is 5.23. The number of carboxylic acid groups (broad SMARTS) is 1. The van der Waals surface area contributed by atoms with Gasteiger partial charge in [-0.1, -0.05) is 0 Å². The number of urea groups is 1. The molecule has 6 heteroatoms. The maximum absolute atomic E-state index is 12.2. The molecule has 2 saturated heterocycles. The molecule has 2 heterocycles. The van der Waals surface area contributed by atoms with E-state index in [0.29, 0.717) is 19.8 Å². The second-order valence-corrected chi connectivity index (χ2v) is 5.66. The van der Waals surface area contributed by atoms with Crippen LogP contribution in [0.25, 0.3) is 0 Å². The van der Waals surface area contributed by atoms with Crippen LogP contribution in [0.15, 0.2) is 0 Å². The topological polar surface area (TPSA) is 78.9 Å². The van der Waals surface area contributed by atoms with Crippen molar-refractivity contribution in [3.63, 3.8) is 0 Å². The molecule has 0 aromatic heterocycles. The minimum atomic E-state index is -0.732. The summed E-state index contributed by atoms with van der Waals surface area (Å²) >= 11 is 0. The van der Waals surface area contributed by atoms with E-state index in [4.69, 9.17) is 9.84 Å². The summed E-state index contributed by atoms with van der Waals surface area (Å²) in [6, 6.07) is 0.404. The van der Waals surface area contributed by atoms with Gasteiger partial charge in [0.15, 0.2) is 0 Å². The molecule has 114 valence electrons. The first-order chi connectivity index (χ1) is 9.61. The van der Waals surface area contributed by atoms with E-state index in [2.05, 4.69) is 5.32 Å². The van der Waals surface area contributed by atoms with Crippen LogP contribution in [-0.4, -0.2) is 53.8 Å². The SMILES string of the molecule is CCOCCNC(=O)N1C2CCC1CC(CC(=O)O)C2. The third-order valence-electron chi connectivity index (χ3n) is 4.26. The van der Waals surface area contributed by atoms with Crippen LogP contribution >= 0.6 is 0 Å². The monoisotopic (exact) mass is 284 g/mol. The summed E-state index contributed by atoms with van der Waals surface area (Å²) in [6.45, 7) is 3.64. The Balaban J connectivity index is 1.82. The number of fused-ring (bicyclic) bond motifs is 2. The summed E-state index contributed by atoms with van der Waals surface area (Å²) in [5.41, 5.74) is 0. The van der Waals surface area contributed by atoms with Crippen molar-refractivity contribution in [2.24, 2.45) is 5.92 Å². The van der Waals surface area contributed by atoms with Crippen LogP contribution in [0, 0.1) is 5.92 Å². The number of amides is 2. The molecule has 2 fully saturated rings. The van der Waals surface area contributed by atoms with Gasteiger partial charge in [0.1, 0.15) is 0 Å². The quantitative estimate of drug-likeness (QED) is 0.724. The molecule has 0 aliphatic carbocycles. The zero-order valence-corrected chi connectivity index (χ0v) is 12.0. The lowest BCUT2D eigenvalue weighted by Crippen LogP contribution is -2.51. The highest BCUT2D eigenvalue weighted by molar-refractivity contribution is 5.75. The Hall–Kier alpha value is -1.30. The van der Waals surface area contributed by atoms with E-state index < -0.39 is 5.97 Å². The van der Waals surface area contributed by atoms with Crippen molar-refractivity contribution in [2.75, 3.05) is 19.8 Å². The lowest BCUT2D eigenvalue weighted by molar-refractivity contribution is -0.138. The Labute approximate surface area is 119 Å². The minimum Gasteiger partial charge on any atom is -0.481 e. The van der Waals surface area contributed by atoms with Crippen molar-refractivity contribution in [3.8, 4) is 0 Å². The molecule has 6 nitrogen and oxygen atoms in total. The van der Waals surface area contributed by atoms with E-state index in [-0.39, 0.29) is 30.5 Å². The van der Waals surface area contributed by atoms with Gasteiger partial charge in [-0.3, -0.25) is 4.79 Å². The number of ether oxygens (including phenoxy) is 1. The number of carbonyl (C=O) groups excluding carboxylic acids is 1. The fourth-order valence-corrected chi connectivity index (χ4v) is 3.50. The van der Waals surface area contributed by atoms with E-state index in [1.807, 2.05) is 11.8 Å². The van der Waals surface area contributed by atoms with Crippen LogP contribution in [0.2, 0.25) is 0 Å². The van der Waals surface area contributed by atoms with Gasteiger partial charge in [0.25, 0.3) is 0 Å². The molecule has 2 atom stereocenters. The third-order valence-corrected chi connectivity index (χ3v) is 4.26. The van der Waals surface area contributed by atoms with Gasteiger partial charge >= 0.3 is 12.0 Å². The van der Waals surface area contributed by atoms with E-state index >= 15 is 0 Å². The van der Waals surface area contributed by atoms with Crippen LogP contribution in [0.1, 0.15) is 39.0 Å². The molecule has 2 rings (SSSR count). The Morgan fingerprint density at radius 2 is 1.95 bits per heavy atom. The Morgan fingerprint density at radius 3 is 2.50 bits per heavy atom. The molecule has 2 bridgehead atoms. The number of nitrogens with zero attached hydrogens (tertiary/aromatic N) is 1. The predicted octanol–water partition coefficient (Wildman–Crippen LogP) is 1.45. The van der Waals surface area contributed by atoms with Crippen LogP contribution in [-0.2, 0) is 9.53 Å². The number of nitrogens with one attached hydrogen (secondary N) is 1. The molecule has 0 spiro atoms. The third kappa shape index (κ3) is 3.62. The van der Waals surface area contributed by atoms with Crippen molar-refractivity contribution in [3.05, 3.63) is 0 Å². The highest BCUT2D eigenvalue weighted by Gasteiger charge is 2.43. The van der Waals surface area contributed by atoms with E-state index in [9.17, 15) is 9.59 Å². The van der Waals surface area contributed by atoms with E-state index in [0.717, 1.165) is 25.7 Å². The lowest BCUT2D eigenvalue weighted by Gasteiger charge is -2.38. The van der Waals surface area contributed by atoms with E-state index in [1.165, 1.54) is 0 Å². The summed E-state index contributed by atoms with van der Waals surface area (Å²) in [7, 11) is 0. The molecule has 0 aromatic carbocycles. The molecule has 0 radical (unpaired) electrons. The first kappa shape index (κ1) is 15.1.